The van der Waals surface area contributed by atoms with Crippen molar-refractivity contribution in [3.05, 3.63) is 65.7 Å². The smallest absolute Gasteiger partial charge is 0.251 e. The zero-order chi connectivity index (χ0) is 17.5. The van der Waals surface area contributed by atoms with Gasteiger partial charge in [0.2, 0.25) is 0 Å². The average molecular weight is 325 g/mol. The summed E-state index contributed by atoms with van der Waals surface area (Å²) in [6.07, 6.45) is 0. The molecule has 0 saturated heterocycles. The predicted octanol–water partition coefficient (Wildman–Crippen LogP) is 4.68. The lowest BCUT2D eigenvalue weighted by Crippen LogP contribution is -2.42. The van der Waals surface area contributed by atoms with Crippen molar-refractivity contribution in [3.63, 3.8) is 0 Å². The van der Waals surface area contributed by atoms with Gasteiger partial charge in [0.1, 0.15) is 12.4 Å². The molecular weight excluding hydrogens is 298 g/mol. The molecule has 0 fully saturated rings. The molecule has 0 heterocycles. The van der Waals surface area contributed by atoms with Crippen molar-refractivity contribution in [3.8, 4) is 5.75 Å². The van der Waals surface area contributed by atoms with Crippen molar-refractivity contribution in [1.82, 2.24) is 5.32 Å². The molecule has 2 aromatic carbocycles. The molecule has 1 amide bonds. The molecule has 3 heteroatoms. The van der Waals surface area contributed by atoms with E-state index in [-0.39, 0.29) is 11.9 Å². The van der Waals surface area contributed by atoms with E-state index in [4.69, 9.17) is 4.74 Å². The number of carbonyl (C=O) groups excluding carboxylic acids is 1. The molecule has 0 saturated carbocycles. The number of hydrogen-bond acceptors (Lipinski definition) is 2. The molecule has 128 valence electrons. The summed E-state index contributed by atoms with van der Waals surface area (Å²) in [6.45, 7) is 9.01. The summed E-state index contributed by atoms with van der Waals surface area (Å²) in [5.41, 5.74) is 1.74. The van der Waals surface area contributed by atoms with Crippen LogP contribution in [-0.2, 0) is 6.61 Å². The lowest BCUT2D eigenvalue weighted by Gasteiger charge is -2.26. The first-order chi connectivity index (χ1) is 11.5. The van der Waals surface area contributed by atoms with Gasteiger partial charge in [-0.3, -0.25) is 4.79 Å². The number of hydrogen-bond donors (Lipinski definition) is 1. The van der Waals surface area contributed by atoms with E-state index in [1.54, 1.807) is 6.07 Å². The number of carbonyl (C=O) groups is 1. The minimum Gasteiger partial charge on any atom is -0.489 e. The summed E-state index contributed by atoms with van der Waals surface area (Å²) in [5.74, 6) is 1.45. The van der Waals surface area contributed by atoms with Gasteiger partial charge in [-0.2, -0.15) is 0 Å². The zero-order valence-electron chi connectivity index (χ0n) is 15.0. The highest BCUT2D eigenvalue weighted by atomic mass is 16.5. The molecule has 1 N–H and O–H groups in total. The SMILES string of the molecule is CC(C)C(NC(=O)c1cccc(OCc2ccccc2)c1)C(C)C. The molecular formula is C21H27NO2. The quantitative estimate of drug-likeness (QED) is 0.803. The van der Waals surface area contributed by atoms with Crippen LogP contribution >= 0.6 is 0 Å². The molecule has 0 bridgehead atoms. The van der Waals surface area contributed by atoms with E-state index in [0.29, 0.717) is 29.8 Å². The van der Waals surface area contributed by atoms with E-state index < -0.39 is 0 Å². The van der Waals surface area contributed by atoms with E-state index in [2.05, 4.69) is 33.0 Å². The summed E-state index contributed by atoms with van der Waals surface area (Å²) in [7, 11) is 0. The second-order valence-corrected chi connectivity index (χ2v) is 6.79. The molecule has 0 aliphatic rings. The maximum Gasteiger partial charge on any atom is 0.251 e. The first-order valence-corrected chi connectivity index (χ1v) is 8.55. The minimum absolute atomic E-state index is 0.0486. The number of amides is 1. The summed E-state index contributed by atoms with van der Waals surface area (Å²) < 4.78 is 5.80. The van der Waals surface area contributed by atoms with Gasteiger partial charge in [-0.25, -0.2) is 0 Å². The third kappa shape index (κ3) is 5.12. The Hall–Kier alpha value is -2.29. The molecule has 0 aliphatic carbocycles. The third-order valence-corrected chi connectivity index (χ3v) is 4.08. The third-order valence-electron chi connectivity index (χ3n) is 4.08. The first kappa shape index (κ1) is 18.1. The maximum absolute atomic E-state index is 12.5. The number of nitrogens with one attached hydrogen (secondary N) is 1. The fourth-order valence-electron chi connectivity index (χ4n) is 2.81. The van der Waals surface area contributed by atoms with E-state index in [1.807, 2.05) is 48.5 Å². The molecule has 0 aromatic heterocycles. The van der Waals surface area contributed by atoms with Crippen LogP contribution in [0.15, 0.2) is 54.6 Å². The minimum atomic E-state index is -0.0486. The second-order valence-electron chi connectivity index (χ2n) is 6.79. The van der Waals surface area contributed by atoms with Gasteiger partial charge in [0, 0.05) is 11.6 Å². The van der Waals surface area contributed by atoms with Crippen LogP contribution in [-0.4, -0.2) is 11.9 Å². The van der Waals surface area contributed by atoms with E-state index in [1.165, 1.54) is 0 Å². The Kier molecular flexibility index (Phi) is 6.42. The fraction of sp³-hybridized carbons (Fsp3) is 0.381. The molecule has 2 rings (SSSR count). The van der Waals surface area contributed by atoms with E-state index >= 15 is 0 Å². The van der Waals surface area contributed by atoms with Crippen LogP contribution in [0.25, 0.3) is 0 Å². The van der Waals surface area contributed by atoms with Crippen LogP contribution in [0.3, 0.4) is 0 Å². The Labute approximate surface area is 145 Å². The van der Waals surface area contributed by atoms with E-state index in [9.17, 15) is 4.79 Å². The normalized spacial score (nSPS) is 11.1. The molecule has 0 atom stereocenters. The lowest BCUT2D eigenvalue weighted by molar-refractivity contribution is 0.0910. The molecule has 24 heavy (non-hydrogen) atoms. The summed E-state index contributed by atoms with van der Waals surface area (Å²) in [6, 6.07) is 17.5. The van der Waals surface area contributed by atoms with Gasteiger partial charge in [0.05, 0.1) is 0 Å². The Balaban J connectivity index is 2.02. The zero-order valence-corrected chi connectivity index (χ0v) is 15.0. The highest BCUT2D eigenvalue weighted by molar-refractivity contribution is 5.94. The van der Waals surface area contributed by atoms with Crippen molar-refractivity contribution >= 4 is 5.91 Å². The largest absolute Gasteiger partial charge is 0.489 e. The Morgan fingerprint density at radius 1 is 0.958 bits per heavy atom. The highest BCUT2D eigenvalue weighted by Gasteiger charge is 2.20. The van der Waals surface area contributed by atoms with Crippen molar-refractivity contribution in [2.75, 3.05) is 0 Å². The predicted molar refractivity (Wildman–Crippen MR) is 98.1 cm³/mol. The Bertz CT molecular complexity index is 642. The molecule has 0 radical (unpaired) electrons. The van der Waals surface area contributed by atoms with Crippen LogP contribution < -0.4 is 10.1 Å². The second kappa shape index (κ2) is 8.53. The van der Waals surface area contributed by atoms with Gasteiger partial charge >= 0.3 is 0 Å². The van der Waals surface area contributed by atoms with E-state index in [0.717, 1.165) is 5.56 Å². The van der Waals surface area contributed by atoms with Gasteiger partial charge in [-0.05, 0) is 35.6 Å². The molecule has 3 nitrogen and oxygen atoms in total. The fourth-order valence-corrected chi connectivity index (χ4v) is 2.81. The summed E-state index contributed by atoms with van der Waals surface area (Å²) >= 11 is 0. The maximum atomic E-state index is 12.5. The molecule has 2 aromatic rings. The van der Waals surface area contributed by atoms with Gasteiger partial charge in [-0.1, -0.05) is 64.1 Å². The van der Waals surface area contributed by atoms with Crippen molar-refractivity contribution < 1.29 is 9.53 Å². The summed E-state index contributed by atoms with van der Waals surface area (Å²) in [5, 5.41) is 3.14. The van der Waals surface area contributed by atoms with Crippen molar-refractivity contribution in [2.24, 2.45) is 11.8 Å². The molecule has 0 aliphatic heterocycles. The number of rotatable bonds is 7. The van der Waals surface area contributed by atoms with Gasteiger partial charge in [0.15, 0.2) is 0 Å². The summed E-state index contributed by atoms with van der Waals surface area (Å²) in [4.78, 5) is 12.5. The average Bonchev–Trinajstić information content (AvgIpc) is 2.58. The van der Waals surface area contributed by atoms with Crippen LogP contribution in [0.2, 0.25) is 0 Å². The number of benzene rings is 2. The molecule has 0 unspecified atom stereocenters. The Morgan fingerprint density at radius 2 is 1.62 bits per heavy atom. The Morgan fingerprint density at radius 3 is 2.25 bits per heavy atom. The first-order valence-electron chi connectivity index (χ1n) is 8.55. The van der Waals surface area contributed by atoms with Crippen LogP contribution in [0.4, 0.5) is 0 Å². The van der Waals surface area contributed by atoms with Crippen molar-refractivity contribution in [2.45, 2.75) is 40.3 Å². The van der Waals surface area contributed by atoms with Gasteiger partial charge in [-0.15, -0.1) is 0 Å². The van der Waals surface area contributed by atoms with Crippen molar-refractivity contribution in [1.29, 1.82) is 0 Å². The lowest BCUT2D eigenvalue weighted by atomic mass is 9.93. The number of ether oxygens (including phenoxy) is 1. The van der Waals surface area contributed by atoms with Crippen LogP contribution in [0, 0.1) is 11.8 Å². The van der Waals surface area contributed by atoms with Crippen LogP contribution in [0.5, 0.6) is 5.75 Å². The topological polar surface area (TPSA) is 38.3 Å². The molecule has 0 spiro atoms. The van der Waals surface area contributed by atoms with Crippen LogP contribution in [0.1, 0.15) is 43.6 Å². The monoisotopic (exact) mass is 325 g/mol. The van der Waals surface area contributed by atoms with Gasteiger partial charge < -0.3 is 10.1 Å². The van der Waals surface area contributed by atoms with Gasteiger partial charge in [0.25, 0.3) is 5.91 Å². The standard InChI is InChI=1S/C21H27NO2/c1-15(2)20(16(3)4)22-21(23)18-11-8-12-19(13-18)24-14-17-9-6-5-7-10-17/h5-13,15-16,20H,14H2,1-4H3,(H,22,23). The highest BCUT2D eigenvalue weighted by Crippen LogP contribution is 2.17.